The zero-order valence-electron chi connectivity index (χ0n) is 77.2. The zero-order valence-corrected chi connectivity index (χ0v) is 90.8. The number of thiocarbonyl (C=S) groups is 1. The van der Waals surface area contributed by atoms with Gasteiger partial charge < -0.3 is 171 Å². The quantitative estimate of drug-likeness (QED) is 0.0269. The number of isothiocyanates is 1. The van der Waals surface area contributed by atoms with Crippen molar-refractivity contribution in [3.63, 3.8) is 0 Å². The molecule has 28 N–H and O–H groups in total. The molecule has 7 rings (SSSR count). The van der Waals surface area contributed by atoms with E-state index in [9.17, 15) is 18.3 Å². The first-order chi connectivity index (χ1) is 63.1. The van der Waals surface area contributed by atoms with E-state index in [-0.39, 0.29) is 82.3 Å². The number of hydrogen-bond donors (Lipinski definition) is 28. The summed E-state index contributed by atoms with van der Waals surface area (Å²) >= 11 is 7.43. The van der Waals surface area contributed by atoms with E-state index >= 15 is 0 Å². The summed E-state index contributed by atoms with van der Waals surface area (Å²) in [6.07, 6.45) is 3.62. The maximum atomic E-state index is 12.5. The van der Waals surface area contributed by atoms with E-state index in [4.69, 9.17) is 96.2 Å². The number of alkyl halides is 3. The molecule has 5 heterocycles. The molecule has 130 heavy (non-hydrogen) atoms. The van der Waals surface area contributed by atoms with E-state index in [1.807, 2.05) is 38.4 Å². The number of unbranched alkanes of at least 4 members (excludes halogenated alkanes) is 2. The first-order valence-electron chi connectivity index (χ1n) is 45.2. The average Bonchev–Trinajstić information content (AvgIpc) is 0.892. The Morgan fingerprint density at radius 2 is 0.669 bits per heavy atom. The molecule has 5 fully saturated rings. The maximum absolute atomic E-state index is 12.5. The van der Waals surface area contributed by atoms with Crippen molar-refractivity contribution in [1.82, 2.24) is 144 Å². The van der Waals surface area contributed by atoms with Crippen LogP contribution in [-0.2, 0) is 95.3 Å². The molecule has 770 valence electrons. The summed E-state index contributed by atoms with van der Waals surface area (Å²) in [6, 6.07) is 20.9. The number of aliphatic hydroxyl groups excluding tert-OH is 1. The van der Waals surface area contributed by atoms with Gasteiger partial charge >= 0.3 is 157 Å². The van der Waals surface area contributed by atoms with Gasteiger partial charge in [-0.1, -0.05) is 72.9 Å². The molecule has 5 aliphatic heterocycles. The molecule has 5 saturated heterocycles. The van der Waals surface area contributed by atoms with E-state index in [1.54, 1.807) is 0 Å². The van der Waals surface area contributed by atoms with Gasteiger partial charge in [0.05, 0.1) is 13.0 Å². The molecule has 2 aromatic rings. The van der Waals surface area contributed by atoms with E-state index in [1.165, 1.54) is 60.2 Å². The molecule has 2 aromatic carbocycles. The minimum Gasteiger partial charge on any atom is -0.753 e. The second kappa shape index (κ2) is 119. The number of rotatable bonds is 17. The van der Waals surface area contributed by atoms with Gasteiger partial charge in [-0.2, -0.15) is 18.3 Å². The van der Waals surface area contributed by atoms with Crippen LogP contribution in [0.5, 0.6) is 5.75 Å². The molecule has 2 unspecified atom stereocenters. The molecule has 31 nitrogen and oxygen atoms in total. The van der Waals surface area contributed by atoms with E-state index in [0.29, 0.717) is 63.0 Å². The third kappa shape index (κ3) is 113. The van der Waals surface area contributed by atoms with Crippen molar-refractivity contribution < 1.29 is 92.6 Å². The SMILES string of the molecule is CNCCCC[C@@H]1CNCCNCCNCCN[C@@H](CCCCNC)CN1.C[C@@H]1NCCNCCNCCNCCN[C@H]1C.FC(F)(F)CC1CNCCNCCNCCNCCN1.N#C[S-].OC[C@H]1CNCCNCCNCCNCCN1.[Cl][Mn][Cl].[Cl][Mn][Cl].[Cl][Mn][Cl].[Cl][Mn][Cl].[Mn+3].[N-]=C=S.c1ccc(COc2cccc(CC3CNCCNCCNCCNCCN3)c2)cc1. The first kappa shape index (κ1) is 140. The van der Waals surface area contributed by atoms with Crippen molar-refractivity contribution in [1.29, 1.82) is 5.26 Å². The Bertz CT molecular complexity index is 2480. The van der Waals surface area contributed by atoms with Gasteiger partial charge in [-0.25, -0.2) is 5.26 Å². The predicted octanol–water partition coefficient (Wildman–Crippen LogP) is 2.08. The summed E-state index contributed by atoms with van der Waals surface area (Å²) in [7, 11) is 42.4. The number of benzene rings is 2. The van der Waals surface area contributed by atoms with Crippen LogP contribution in [0.3, 0.4) is 0 Å². The fraction of sp³-hybridized carbons (Fsp3) is 0.827. The van der Waals surface area contributed by atoms with Crippen molar-refractivity contribution in [2.75, 3.05) is 315 Å². The number of aliphatic hydroxyl groups is 1. The van der Waals surface area contributed by atoms with Crippen molar-refractivity contribution in [3.05, 3.63) is 71.1 Å². The molecular formula is C81H166Cl8F3Mn5N29O2S2+. The second-order valence-corrected chi connectivity index (χ2v) is 37.9. The number of halogens is 11. The summed E-state index contributed by atoms with van der Waals surface area (Å²) in [5.41, 5.74) is 2.49. The maximum Gasteiger partial charge on any atom is 3.00 e. The molecule has 49 heteroatoms. The fourth-order valence-corrected chi connectivity index (χ4v) is 12.7. The van der Waals surface area contributed by atoms with Gasteiger partial charge in [0.25, 0.3) is 0 Å². The van der Waals surface area contributed by atoms with Crippen LogP contribution < -0.4 is 148 Å². The van der Waals surface area contributed by atoms with Crippen LogP contribution in [0, 0.1) is 10.7 Å². The molecule has 0 bridgehead atoms. The van der Waals surface area contributed by atoms with Crippen molar-refractivity contribution in [2.45, 2.75) is 120 Å². The second-order valence-electron chi connectivity index (χ2n) is 29.7. The van der Waals surface area contributed by atoms with Crippen LogP contribution in [0.25, 0.3) is 5.41 Å². The number of nitrogens with one attached hydrogen (secondary N) is 27. The number of thiocyanates is 1. The summed E-state index contributed by atoms with van der Waals surface area (Å²) in [5, 5.41) is 118. The predicted molar refractivity (Wildman–Crippen MR) is 536 cm³/mol. The van der Waals surface area contributed by atoms with Gasteiger partial charge in [-0.05, 0) is 96.4 Å². The van der Waals surface area contributed by atoms with Crippen LogP contribution in [0.1, 0.15) is 69.9 Å². The van der Waals surface area contributed by atoms with Gasteiger partial charge in [0.1, 0.15) is 12.4 Å². The number of nitrogens with zero attached hydrogens (tertiary/aromatic N) is 2. The van der Waals surface area contributed by atoms with E-state index in [2.05, 4.69) is 213 Å². The molecule has 0 aromatic heterocycles. The Kier molecular flexibility index (Phi) is 128. The Labute approximate surface area is 862 Å². The fourth-order valence-electron chi connectivity index (χ4n) is 12.7. The van der Waals surface area contributed by atoms with E-state index in [0.717, 1.165) is 281 Å². The molecule has 0 saturated carbocycles. The van der Waals surface area contributed by atoms with Crippen LogP contribution in [0.4, 0.5) is 13.2 Å². The van der Waals surface area contributed by atoms with Crippen LogP contribution in [0.2, 0.25) is 0 Å². The largest absolute Gasteiger partial charge is 3.00 e. The molecule has 0 radical (unpaired) electrons. The monoisotopic (exact) mass is 2250 g/mol. The van der Waals surface area contributed by atoms with Crippen molar-refractivity contribution in [3.8, 4) is 11.2 Å². The third-order valence-electron chi connectivity index (χ3n) is 19.4. The molecule has 0 aliphatic carbocycles. The van der Waals surface area contributed by atoms with Crippen LogP contribution in [0.15, 0.2) is 54.6 Å². The summed E-state index contributed by atoms with van der Waals surface area (Å²) < 4.78 is 43.4. The van der Waals surface area contributed by atoms with Crippen molar-refractivity contribution >= 4 is 111 Å². The van der Waals surface area contributed by atoms with Crippen LogP contribution in [-0.4, -0.2) is 374 Å². The van der Waals surface area contributed by atoms with Gasteiger partial charge in [0, 0.05) is 324 Å². The van der Waals surface area contributed by atoms with Crippen LogP contribution >= 0.6 is 93.0 Å². The van der Waals surface area contributed by atoms with Gasteiger partial charge in [0.2, 0.25) is 0 Å². The topological polar surface area (TPSA) is 400 Å². The normalized spacial score (nSPS) is 21.9. The molecular weight excluding hydrogens is 2090 g/mol. The Balaban J connectivity index is -0.000000483. The Morgan fingerprint density at radius 1 is 0.408 bits per heavy atom. The standard InChI is InChI=1S/C24H37N5O.C20H47N7.C12H26F3N5.C12H29N5.C11H27N5O.CHNS.CNS.8ClH.5Mn/c1-2-5-21(6-3-1)20-30-24-8-4-7-22(18-24)17-23-19-28-14-13-26-10-9-25-11-12-27-15-16-29-23;1-21-9-5-3-7-19-17-25-14-13-23-11-12-24-15-16-26-20(18-27-19)8-4-6-10-22-2;13-12(14,15)9-11-10-19-6-5-17-2-1-16-3-4-18-7-8-20-11;1-11-12(2)17-10-8-15-6-4-13-3-5-14-7-9-16-11;17-10-11-9-15-6-5-13-2-1-12-3-4-14-7-8-16-11;2*2-1-3;;;;;;;;;;;;;/h1-8,18,23,25-29H,9-17,19-20H2;19-27H,3-18H2,1-2H3;11,16-20H,1-10H2;11-17H,3-10H2,1-2H3;11-17H,1-10H2;3H;;8*1H;;;;;/q;;;;;;-1;;;;;;;;;4*+2;+3/p-9/t;19-,20+;;11-,12-;11-;;;;;;;;;;;;;;;/m.1.01.............../s1. The molecule has 5 aliphatic rings. The molecule has 0 amide bonds. The van der Waals surface area contributed by atoms with Gasteiger partial charge in [-0.15, -0.1) is 0 Å². The minimum atomic E-state index is -4.13. The summed E-state index contributed by atoms with van der Waals surface area (Å²) in [6.45, 7) is 48.2. The Hall–Kier alpha value is 1.34. The molecule has 0 spiro atoms. The van der Waals surface area contributed by atoms with Gasteiger partial charge in [-0.3, -0.25) is 0 Å². The summed E-state index contributed by atoms with van der Waals surface area (Å²) in [5.74, 6) is 0.930. The number of ether oxygens (including phenoxy) is 1. The van der Waals surface area contributed by atoms with E-state index < -0.39 is 18.6 Å². The average molecular weight is 2260 g/mol. The van der Waals surface area contributed by atoms with Gasteiger partial charge in [0.15, 0.2) is 0 Å². The minimum absolute atomic E-state index is 0. The first-order valence-corrected chi connectivity index (χ1v) is 59.0. The smallest absolute Gasteiger partial charge is 0.753 e. The molecule has 7 atom stereocenters. The van der Waals surface area contributed by atoms with Crippen molar-refractivity contribution in [2.24, 2.45) is 0 Å². The third-order valence-corrected chi connectivity index (χ3v) is 19.4. The number of hydrogen-bond acceptors (Lipinski definition) is 32. The number of nitriles is 1. The zero-order chi connectivity index (χ0) is 95.6. The Morgan fingerprint density at radius 3 is 0.992 bits per heavy atom. The summed E-state index contributed by atoms with van der Waals surface area (Å²) in [4.78, 5) is 0.